The first-order valence-corrected chi connectivity index (χ1v) is 13.3. The molecule has 39 heavy (non-hydrogen) atoms. The van der Waals surface area contributed by atoms with Crippen molar-refractivity contribution in [2.75, 3.05) is 0 Å². The van der Waals surface area contributed by atoms with Crippen LogP contribution in [0.5, 0.6) is 0 Å². The van der Waals surface area contributed by atoms with Crippen LogP contribution in [0.4, 0.5) is 11.4 Å². The molecule has 0 aliphatic carbocycles. The Balaban J connectivity index is 1.84. The van der Waals surface area contributed by atoms with E-state index in [1.54, 1.807) is 60.7 Å². The van der Waals surface area contributed by atoms with E-state index in [1.165, 1.54) is 48.5 Å². The van der Waals surface area contributed by atoms with Crippen LogP contribution in [0.1, 0.15) is 29.0 Å². The monoisotopic (exact) mass is 543 g/mol. The number of benzene rings is 4. The summed E-state index contributed by atoms with van der Waals surface area (Å²) in [4.78, 5) is 22.4. The molecule has 0 aromatic heterocycles. The Kier molecular flexibility index (Phi) is 6.92. The number of nitrogens with zero attached hydrogens (tertiary/aromatic N) is 2. The van der Waals surface area contributed by atoms with E-state index in [-0.39, 0.29) is 38.1 Å². The molecule has 0 bridgehead atoms. The number of para-hydroxylation sites is 2. The standard InChI is InChI=1S/C28H21N3O7S/c32-30(33)23-17-9-7-15-21(23)25-27(39(36,37)20-13-5-2-6-14-20)26(19-11-3-1-4-12-19)38-28(29-25)22-16-8-10-18-24(22)31(34)35/h1-18,25,28-29H. The lowest BCUT2D eigenvalue weighted by Gasteiger charge is -2.35. The van der Waals surface area contributed by atoms with Crippen molar-refractivity contribution in [1.29, 1.82) is 0 Å². The van der Waals surface area contributed by atoms with Gasteiger partial charge in [0.1, 0.15) is 10.7 Å². The van der Waals surface area contributed by atoms with Crippen molar-refractivity contribution in [2.45, 2.75) is 17.2 Å². The van der Waals surface area contributed by atoms with Gasteiger partial charge in [0, 0.05) is 17.7 Å². The first kappa shape index (κ1) is 25.8. The summed E-state index contributed by atoms with van der Waals surface area (Å²) >= 11 is 0. The molecule has 2 unspecified atom stereocenters. The minimum atomic E-state index is -4.30. The van der Waals surface area contributed by atoms with Gasteiger partial charge >= 0.3 is 0 Å². The smallest absolute Gasteiger partial charge is 0.277 e. The van der Waals surface area contributed by atoms with Crippen molar-refractivity contribution in [3.05, 3.63) is 151 Å². The molecule has 0 saturated carbocycles. The molecule has 1 aliphatic heterocycles. The van der Waals surface area contributed by atoms with Crippen molar-refractivity contribution >= 4 is 27.0 Å². The van der Waals surface area contributed by atoms with Gasteiger partial charge in [0.15, 0.2) is 6.23 Å². The zero-order valence-electron chi connectivity index (χ0n) is 20.2. The Labute approximate surface area is 223 Å². The molecule has 0 saturated heterocycles. The minimum absolute atomic E-state index is 0.0356. The van der Waals surface area contributed by atoms with E-state index in [1.807, 2.05) is 0 Å². The van der Waals surface area contributed by atoms with E-state index in [2.05, 4.69) is 5.32 Å². The van der Waals surface area contributed by atoms with Crippen molar-refractivity contribution in [3.63, 3.8) is 0 Å². The summed E-state index contributed by atoms with van der Waals surface area (Å²) < 4.78 is 34.6. The highest BCUT2D eigenvalue weighted by Crippen LogP contribution is 2.46. The van der Waals surface area contributed by atoms with Gasteiger partial charge in [0.25, 0.3) is 11.4 Å². The average molecular weight is 544 g/mol. The van der Waals surface area contributed by atoms with E-state index in [0.717, 1.165) is 0 Å². The van der Waals surface area contributed by atoms with Crippen LogP contribution in [-0.2, 0) is 14.6 Å². The number of nitro benzene ring substituents is 2. The molecule has 0 spiro atoms. The number of sulfone groups is 1. The second kappa shape index (κ2) is 10.5. The highest BCUT2D eigenvalue weighted by molar-refractivity contribution is 7.95. The Bertz CT molecular complexity index is 1690. The summed E-state index contributed by atoms with van der Waals surface area (Å²) in [5.41, 5.74) is 0.0261. The second-order valence-corrected chi connectivity index (χ2v) is 10.5. The summed E-state index contributed by atoms with van der Waals surface area (Å²) in [5, 5.41) is 26.9. The maximum absolute atomic E-state index is 14.2. The fraction of sp³-hybridized carbons (Fsp3) is 0.0714. The van der Waals surface area contributed by atoms with Crippen LogP contribution in [0.15, 0.2) is 119 Å². The largest absolute Gasteiger partial charge is 0.469 e. The first-order chi connectivity index (χ1) is 18.8. The lowest BCUT2D eigenvalue weighted by molar-refractivity contribution is -0.386. The minimum Gasteiger partial charge on any atom is -0.469 e. The lowest BCUT2D eigenvalue weighted by atomic mass is 9.99. The Morgan fingerprint density at radius 3 is 1.74 bits per heavy atom. The van der Waals surface area contributed by atoms with E-state index >= 15 is 0 Å². The number of rotatable bonds is 7. The van der Waals surface area contributed by atoms with Gasteiger partial charge in [-0.1, -0.05) is 78.9 Å². The molecule has 1 N–H and O–H groups in total. The normalized spacial score (nSPS) is 17.3. The molecular formula is C28H21N3O7S. The van der Waals surface area contributed by atoms with Gasteiger partial charge in [-0.2, -0.15) is 0 Å². The van der Waals surface area contributed by atoms with E-state index in [4.69, 9.17) is 4.74 Å². The SMILES string of the molecule is O=[N+]([O-])c1ccccc1C1NC(c2ccccc2[N+](=O)[O-])C(S(=O)(=O)c2ccccc2)=C(c2ccccc2)O1. The topological polar surface area (TPSA) is 142 Å². The molecule has 5 rings (SSSR count). The van der Waals surface area contributed by atoms with Crippen LogP contribution < -0.4 is 5.32 Å². The van der Waals surface area contributed by atoms with Gasteiger partial charge in [0.05, 0.1) is 31.9 Å². The molecule has 196 valence electrons. The van der Waals surface area contributed by atoms with E-state index < -0.39 is 32.0 Å². The average Bonchev–Trinajstić information content (AvgIpc) is 2.97. The zero-order valence-corrected chi connectivity index (χ0v) is 21.0. The zero-order chi connectivity index (χ0) is 27.6. The molecule has 1 aliphatic rings. The van der Waals surface area contributed by atoms with Gasteiger partial charge < -0.3 is 4.74 Å². The molecule has 4 aromatic rings. The van der Waals surface area contributed by atoms with Crippen LogP contribution in [0.3, 0.4) is 0 Å². The fourth-order valence-corrected chi connectivity index (χ4v) is 6.21. The maximum Gasteiger partial charge on any atom is 0.277 e. The number of ether oxygens (including phenoxy) is 1. The van der Waals surface area contributed by atoms with E-state index in [0.29, 0.717) is 5.56 Å². The molecule has 0 fully saturated rings. The van der Waals surface area contributed by atoms with Gasteiger partial charge in [-0.25, -0.2) is 8.42 Å². The second-order valence-electron chi connectivity index (χ2n) is 8.61. The molecule has 0 radical (unpaired) electrons. The Morgan fingerprint density at radius 1 is 0.667 bits per heavy atom. The van der Waals surface area contributed by atoms with Gasteiger partial charge in [-0.3, -0.25) is 25.5 Å². The Morgan fingerprint density at radius 2 is 1.15 bits per heavy atom. The summed E-state index contributed by atoms with van der Waals surface area (Å²) in [5.74, 6) is -0.0653. The molecule has 1 heterocycles. The van der Waals surface area contributed by atoms with Crippen LogP contribution in [-0.4, -0.2) is 18.3 Å². The van der Waals surface area contributed by atoms with Crippen LogP contribution in [0.25, 0.3) is 5.76 Å². The van der Waals surface area contributed by atoms with Crippen molar-refractivity contribution < 1.29 is 23.0 Å². The lowest BCUT2D eigenvalue weighted by Crippen LogP contribution is -2.37. The number of nitro groups is 2. The van der Waals surface area contributed by atoms with Crippen LogP contribution in [0.2, 0.25) is 0 Å². The fourth-order valence-electron chi connectivity index (χ4n) is 4.53. The van der Waals surface area contributed by atoms with Crippen molar-refractivity contribution in [1.82, 2.24) is 5.32 Å². The van der Waals surface area contributed by atoms with Crippen LogP contribution >= 0.6 is 0 Å². The quantitative estimate of drug-likeness (QED) is 0.231. The first-order valence-electron chi connectivity index (χ1n) is 11.8. The number of hydrogen-bond donors (Lipinski definition) is 1. The summed E-state index contributed by atoms with van der Waals surface area (Å²) in [6.07, 6.45) is -1.21. The molecular weight excluding hydrogens is 522 g/mol. The summed E-state index contributed by atoms with van der Waals surface area (Å²) in [7, 11) is -4.30. The predicted molar refractivity (Wildman–Crippen MR) is 143 cm³/mol. The van der Waals surface area contributed by atoms with E-state index in [9.17, 15) is 28.6 Å². The van der Waals surface area contributed by atoms with Gasteiger partial charge in [0.2, 0.25) is 9.84 Å². The summed E-state index contributed by atoms with van der Waals surface area (Å²) in [6.45, 7) is 0. The highest BCUT2D eigenvalue weighted by atomic mass is 32.2. The molecule has 4 aromatic carbocycles. The summed E-state index contributed by atoms with van der Waals surface area (Å²) in [6, 6.07) is 26.5. The molecule has 11 heteroatoms. The van der Waals surface area contributed by atoms with Crippen molar-refractivity contribution in [3.8, 4) is 0 Å². The number of hydrogen-bond acceptors (Lipinski definition) is 8. The molecule has 0 amide bonds. The third-order valence-electron chi connectivity index (χ3n) is 6.28. The highest BCUT2D eigenvalue weighted by Gasteiger charge is 2.43. The van der Waals surface area contributed by atoms with Gasteiger partial charge in [-0.05, 0) is 18.2 Å². The molecule has 10 nitrogen and oxygen atoms in total. The Hall–Kier alpha value is -4.87. The third kappa shape index (κ3) is 4.88. The van der Waals surface area contributed by atoms with Crippen LogP contribution in [0, 0.1) is 20.2 Å². The van der Waals surface area contributed by atoms with Gasteiger partial charge in [-0.15, -0.1) is 0 Å². The molecule has 2 atom stereocenters. The number of nitrogens with one attached hydrogen (secondary N) is 1. The maximum atomic E-state index is 14.2. The third-order valence-corrected chi connectivity index (χ3v) is 8.17. The predicted octanol–water partition coefficient (Wildman–Crippen LogP) is 5.71. The van der Waals surface area contributed by atoms with Crippen molar-refractivity contribution in [2.24, 2.45) is 0 Å².